The number of aromatic nitrogens is 1. The number of halogens is 1. The maximum absolute atomic E-state index is 13.4. The Morgan fingerprint density at radius 2 is 2.15 bits per heavy atom. The fraction of sp³-hybridized carbons (Fsp3) is 0.417. The Morgan fingerprint density at radius 3 is 2.73 bits per heavy atom. The molecule has 2 aromatic rings. The molecule has 0 aliphatic carbocycles. The van der Waals surface area contributed by atoms with E-state index in [0.29, 0.717) is 27.8 Å². The van der Waals surface area contributed by atoms with Gasteiger partial charge in [0.05, 0.1) is 36.8 Å². The number of carbonyl (C=O) groups excluding carboxylic acids is 2. The Balaban J connectivity index is 2.07. The zero-order chi connectivity index (χ0) is 24.4. The number of methoxy groups -OCH3 is 1. The first-order chi connectivity index (χ1) is 15.5. The van der Waals surface area contributed by atoms with Gasteiger partial charge < -0.3 is 18.8 Å². The van der Waals surface area contributed by atoms with Crippen LogP contribution in [0.15, 0.2) is 47.0 Å². The third-order valence-corrected chi connectivity index (χ3v) is 5.61. The molecule has 0 bridgehead atoms. The number of carbonyl (C=O) groups is 2. The minimum Gasteiger partial charge on any atom is -0.499 e. The number of benzene rings is 1. The van der Waals surface area contributed by atoms with Crippen molar-refractivity contribution in [2.45, 2.75) is 57.6 Å². The normalized spacial score (nSPS) is 19.5. The summed E-state index contributed by atoms with van der Waals surface area (Å²) in [7, 11) is 1.48. The van der Waals surface area contributed by atoms with Crippen LogP contribution in [0, 0.1) is 11.3 Å². The van der Waals surface area contributed by atoms with Crippen LogP contribution >= 0.6 is 11.6 Å². The van der Waals surface area contributed by atoms with E-state index in [9.17, 15) is 14.9 Å². The summed E-state index contributed by atoms with van der Waals surface area (Å²) in [5.74, 6) is -0.239. The molecule has 2 unspecified atom stereocenters. The minimum absolute atomic E-state index is 0.0263. The molecule has 33 heavy (non-hydrogen) atoms. The summed E-state index contributed by atoms with van der Waals surface area (Å²) in [4.78, 5) is 31.9. The molecule has 8 nitrogen and oxygen atoms in total. The Labute approximate surface area is 197 Å². The number of oxazole rings is 1. The van der Waals surface area contributed by atoms with E-state index < -0.39 is 23.0 Å². The lowest BCUT2D eigenvalue weighted by molar-refractivity contribution is -0.164. The van der Waals surface area contributed by atoms with Gasteiger partial charge in [0.2, 0.25) is 5.91 Å². The third kappa shape index (κ3) is 5.20. The maximum atomic E-state index is 13.4. The number of esters is 1. The highest BCUT2D eigenvalue weighted by Crippen LogP contribution is 2.42. The quantitative estimate of drug-likeness (QED) is 0.583. The van der Waals surface area contributed by atoms with E-state index in [1.807, 2.05) is 0 Å². The summed E-state index contributed by atoms with van der Waals surface area (Å²) >= 11 is 6.20. The van der Waals surface area contributed by atoms with E-state index in [0.717, 1.165) is 0 Å². The van der Waals surface area contributed by atoms with Gasteiger partial charge >= 0.3 is 5.97 Å². The predicted octanol–water partition coefficient (Wildman–Crippen LogP) is 4.13. The fourth-order valence-corrected chi connectivity index (χ4v) is 4.02. The summed E-state index contributed by atoms with van der Waals surface area (Å²) in [6.45, 7) is 7.06. The molecule has 1 aromatic heterocycles. The number of nitriles is 1. The lowest BCUT2D eigenvalue weighted by Gasteiger charge is -2.40. The van der Waals surface area contributed by atoms with Crippen molar-refractivity contribution in [3.05, 3.63) is 64.7 Å². The van der Waals surface area contributed by atoms with Crippen molar-refractivity contribution in [2.24, 2.45) is 0 Å². The molecule has 1 amide bonds. The van der Waals surface area contributed by atoms with Crippen molar-refractivity contribution in [2.75, 3.05) is 7.11 Å². The second-order valence-electron chi connectivity index (χ2n) is 8.99. The SMILES string of the molecule is COC1=CN(C(Cc2ncco2)C(=O)OC(C)(C)C)C(=O)CC1(C)c1cc(Cl)ccc1C#N. The Bertz CT molecular complexity index is 1110. The first-order valence-corrected chi connectivity index (χ1v) is 10.7. The van der Waals surface area contributed by atoms with Gasteiger partial charge in [-0.1, -0.05) is 11.6 Å². The van der Waals surface area contributed by atoms with E-state index in [1.165, 1.54) is 30.7 Å². The topological polar surface area (TPSA) is 106 Å². The molecule has 0 fully saturated rings. The average Bonchev–Trinajstić information content (AvgIpc) is 3.24. The van der Waals surface area contributed by atoms with E-state index in [1.54, 1.807) is 45.9 Å². The summed E-state index contributed by atoms with van der Waals surface area (Å²) in [6, 6.07) is 6.03. The third-order valence-electron chi connectivity index (χ3n) is 5.38. The molecule has 1 aromatic carbocycles. The summed E-state index contributed by atoms with van der Waals surface area (Å²) < 4.78 is 16.6. The number of hydrogen-bond acceptors (Lipinski definition) is 7. The summed E-state index contributed by atoms with van der Waals surface area (Å²) in [5, 5.41) is 10.1. The van der Waals surface area contributed by atoms with E-state index >= 15 is 0 Å². The van der Waals surface area contributed by atoms with Gasteiger partial charge in [-0.15, -0.1) is 0 Å². The number of amides is 1. The summed E-state index contributed by atoms with van der Waals surface area (Å²) in [6.07, 6.45) is 4.33. The second-order valence-corrected chi connectivity index (χ2v) is 9.42. The standard InChI is InChI=1S/C24H26ClN3O5/c1-23(2,3)33-22(30)18(11-20-27-8-9-32-20)28-14-19(31-5)24(4,12-21(28)29)17-10-16(25)7-6-15(17)13-26/h6-10,14,18H,11-12H2,1-5H3. The second kappa shape index (κ2) is 9.28. The minimum atomic E-state index is -1.01. The zero-order valence-corrected chi connectivity index (χ0v) is 20.0. The predicted molar refractivity (Wildman–Crippen MR) is 120 cm³/mol. The lowest BCUT2D eigenvalue weighted by atomic mass is 9.74. The molecular formula is C24H26ClN3O5. The molecule has 0 N–H and O–H groups in total. The molecule has 1 aliphatic rings. The smallest absolute Gasteiger partial charge is 0.330 e. The highest BCUT2D eigenvalue weighted by atomic mass is 35.5. The van der Waals surface area contributed by atoms with Crippen molar-refractivity contribution >= 4 is 23.5 Å². The van der Waals surface area contributed by atoms with Gasteiger partial charge in [0.15, 0.2) is 5.89 Å². The van der Waals surface area contributed by atoms with Crippen LogP contribution < -0.4 is 0 Å². The van der Waals surface area contributed by atoms with Gasteiger partial charge in [-0.05, 0) is 51.5 Å². The van der Waals surface area contributed by atoms with Gasteiger partial charge in [0.1, 0.15) is 23.7 Å². The molecule has 0 saturated heterocycles. The molecule has 0 spiro atoms. The van der Waals surface area contributed by atoms with Crippen molar-refractivity contribution in [3.63, 3.8) is 0 Å². The van der Waals surface area contributed by atoms with Crippen LogP contribution in [0.1, 0.15) is 51.1 Å². The zero-order valence-electron chi connectivity index (χ0n) is 19.2. The van der Waals surface area contributed by atoms with Gasteiger partial charge in [-0.25, -0.2) is 9.78 Å². The number of allylic oxidation sites excluding steroid dienone is 1. The molecule has 9 heteroatoms. The van der Waals surface area contributed by atoms with E-state index in [4.69, 9.17) is 25.5 Å². The molecule has 2 heterocycles. The Morgan fingerprint density at radius 1 is 1.42 bits per heavy atom. The van der Waals surface area contributed by atoms with Crippen molar-refractivity contribution < 1.29 is 23.5 Å². The maximum Gasteiger partial charge on any atom is 0.330 e. The molecule has 3 rings (SSSR count). The molecule has 174 valence electrons. The number of ether oxygens (including phenoxy) is 2. The van der Waals surface area contributed by atoms with Gasteiger partial charge in [0.25, 0.3) is 0 Å². The Hall–Kier alpha value is -3.31. The van der Waals surface area contributed by atoms with Crippen LogP contribution in [0.4, 0.5) is 0 Å². The van der Waals surface area contributed by atoms with Crippen molar-refractivity contribution in [3.8, 4) is 6.07 Å². The molecule has 0 radical (unpaired) electrons. The fourth-order valence-electron chi connectivity index (χ4n) is 3.85. The highest BCUT2D eigenvalue weighted by Gasteiger charge is 2.45. The van der Waals surface area contributed by atoms with Crippen LogP contribution in [0.2, 0.25) is 5.02 Å². The van der Waals surface area contributed by atoms with E-state index in [2.05, 4.69) is 11.1 Å². The molecule has 1 aliphatic heterocycles. The molecule has 0 saturated carbocycles. The van der Waals surface area contributed by atoms with Crippen LogP contribution in [0.5, 0.6) is 0 Å². The first-order valence-electron chi connectivity index (χ1n) is 10.4. The molecule has 2 atom stereocenters. The van der Waals surface area contributed by atoms with Gasteiger partial charge in [0, 0.05) is 17.6 Å². The number of nitrogens with zero attached hydrogens (tertiary/aromatic N) is 3. The van der Waals surface area contributed by atoms with E-state index in [-0.39, 0.29) is 18.7 Å². The van der Waals surface area contributed by atoms with Gasteiger partial charge in [-0.3, -0.25) is 4.79 Å². The Kier molecular flexibility index (Phi) is 6.84. The van der Waals surface area contributed by atoms with Crippen molar-refractivity contribution in [1.29, 1.82) is 5.26 Å². The van der Waals surface area contributed by atoms with Crippen molar-refractivity contribution in [1.82, 2.24) is 9.88 Å². The van der Waals surface area contributed by atoms with Crippen LogP contribution in [0.3, 0.4) is 0 Å². The van der Waals surface area contributed by atoms with Gasteiger partial charge in [-0.2, -0.15) is 5.26 Å². The average molecular weight is 472 g/mol. The number of hydrogen-bond donors (Lipinski definition) is 0. The summed E-state index contributed by atoms with van der Waals surface area (Å²) in [5.41, 5.74) is -0.760. The molecular weight excluding hydrogens is 446 g/mol. The highest BCUT2D eigenvalue weighted by molar-refractivity contribution is 6.30. The lowest BCUT2D eigenvalue weighted by Crippen LogP contribution is -2.51. The number of rotatable bonds is 6. The monoisotopic (exact) mass is 471 g/mol. The van der Waals surface area contributed by atoms with Crippen LogP contribution in [-0.2, 0) is 30.9 Å². The largest absolute Gasteiger partial charge is 0.499 e. The first kappa shape index (κ1) is 24.3. The van der Waals surface area contributed by atoms with Crippen LogP contribution in [0.25, 0.3) is 0 Å². The van der Waals surface area contributed by atoms with Crippen LogP contribution in [-0.4, -0.2) is 40.5 Å².